The minimum absolute atomic E-state index is 0.162. The maximum absolute atomic E-state index is 13.1. The molecule has 4 aromatic rings. The maximum atomic E-state index is 13.1. The Labute approximate surface area is 163 Å². The van der Waals surface area contributed by atoms with Crippen molar-refractivity contribution in [1.29, 1.82) is 0 Å². The number of nitrogens with one attached hydrogen (secondary N) is 1. The molecule has 0 saturated heterocycles. The van der Waals surface area contributed by atoms with Gasteiger partial charge in [0.1, 0.15) is 0 Å². The molecule has 0 amide bonds. The van der Waals surface area contributed by atoms with E-state index >= 15 is 0 Å². The lowest BCUT2D eigenvalue weighted by Gasteiger charge is -2.11. The molecule has 136 valence electrons. The first kappa shape index (κ1) is 17.7. The van der Waals surface area contributed by atoms with Gasteiger partial charge in [-0.2, -0.15) is 0 Å². The largest absolute Gasteiger partial charge is 0.321 e. The Morgan fingerprint density at radius 2 is 1.54 bits per heavy atom. The molecule has 0 aliphatic heterocycles. The SMILES string of the molecule is Cc1ccccc1/C=C/C(=O)c1c(-c2ccccc2)c2ccccc2[nH]c1=O. The second-order valence-electron chi connectivity index (χ2n) is 6.67. The number of aromatic amines is 1. The Kier molecular flexibility index (Phi) is 4.73. The summed E-state index contributed by atoms with van der Waals surface area (Å²) in [6.07, 6.45) is 3.25. The van der Waals surface area contributed by atoms with Crippen molar-refractivity contribution in [2.24, 2.45) is 0 Å². The number of benzene rings is 3. The summed E-state index contributed by atoms with van der Waals surface area (Å²) in [5.41, 5.74) is 4.03. The standard InChI is InChI=1S/C25H19NO2/c1-17-9-5-6-10-18(17)15-16-22(27)24-23(19-11-3-2-4-12-19)20-13-7-8-14-21(20)26-25(24)28/h2-16H,1H3,(H,26,28)/b16-15+. The van der Waals surface area contributed by atoms with Gasteiger partial charge in [0.2, 0.25) is 0 Å². The van der Waals surface area contributed by atoms with E-state index in [2.05, 4.69) is 4.98 Å². The average molecular weight is 365 g/mol. The fourth-order valence-electron chi connectivity index (χ4n) is 3.41. The smallest absolute Gasteiger partial charge is 0.260 e. The lowest BCUT2D eigenvalue weighted by Crippen LogP contribution is -2.18. The first-order valence-electron chi connectivity index (χ1n) is 9.13. The van der Waals surface area contributed by atoms with Crippen molar-refractivity contribution >= 4 is 22.8 Å². The summed E-state index contributed by atoms with van der Waals surface area (Å²) >= 11 is 0. The van der Waals surface area contributed by atoms with Gasteiger partial charge in [-0.25, -0.2) is 0 Å². The zero-order valence-electron chi connectivity index (χ0n) is 15.5. The van der Waals surface area contributed by atoms with Crippen molar-refractivity contribution in [1.82, 2.24) is 4.98 Å². The average Bonchev–Trinajstić information content (AvgIpc) is 2.72. The Morgan fingerprint density at radius 3 is 2.32 bits per heavy atom. The van der Waals surface area contributed by atoms with Crippen LogP contribution in [-0.2, 0) is 0 Å². The second kappa shape index (κ2) is 7.49. The van der Waals surface area contributed by atoms with Gasteiger partial charge in [-0.3, -0.25) is 9.59 Å². The predicted octanol–water partition coefficient (Wildman–Crippen LogP) is 5.40. The topological polar surface area (TPSA) is 49.9 Å². The molecule has 0 aliphatic carbocycles. The zero-order chi connectivity index (χ0) is 19.5. The van der Waals surface area contributed by atoms with Crippen LogP contribution in [0.1, 0.15) is 21.5 Å². The second-order valence-corrected chi connectivity index (χ2v) is 6.67. The van der Waals surface area contributed by atoms with Crippen LogP contribution in [0.3, 0.4) is 0 Å². The van der Waals surface area contributed by atoms with E-state index in [1.165, 1.54) is 6.08 Å². The lowest BCUT2D eigenvalue weighted by molar-refractivity contribution is 0.104. The van der Waals surface area contributed by atoms with Crippen LogP contribution in [-0.4, -0.2) is 10.8 Å². The van der Waals surface area contributed by atoms with E-state index in [1.807, 2.05) is 85.8 Å². The first-order chi connectivity index (χ1) is 13.6. The molecule has 3 nitrogen and oxygen atoms in total. The van der Waals surface area contributed by atoms with E-state index < -0.39 is 0 Å². The highest BCUT2D eigenvalue weighted by molar-refractivity contribution is 6.15. The zero-order valence-corrected chi connectivity index (χ0v) is 15.5. The van der Waals surface area contributed by atoms with E-state index in [0.717, 1.165) is 22.1 Å². The highest BCUT2D eigenvalue weighted by Crippen LogP contribution is 2.29. The van der Waals surface area contributed by atoms with Gasteiger partial charge >= 0.3 is 0 Å². The van der Waals surface area contributed by atoms with Gasteiger partial charge in [-0.15, -0.1) is 0 Å². The Bertz CT molecular complexity index is 1250. The Morgan fingerprint density at radius 1 is 0.857 bits per heavy atom. The summed E-state index contributed by atoms with van der Waals surface area (Å²) < 4.78 is 0. The summed E-state index contributed by atoms with van der Waals surface area (Å²) in [6.45, 7) is 1.99. The summed E-state index contributed by atoms with van der Waals surface area (Å²) in [5.74, 6) is -0.311. The van der Waals surface area contributed by atoms with E-state index in [4.69, 9.17) is 0 Å². The van der Waals surface area contributed by atoms with Crippen molar-refractivity contribution in [2.45, 2.75) is 6.92 Å². The quantitative estimate of drug-likeness (QED) is 0.389. The van der Waals surface area contributed by atoms with Crippen LogP contribution in [0.25, 0.3) is 28.1 Å². The molecule has 1 heterocycles. The number of allylic oxidation sites excluding steroid dienone is 1. The molecule has 0 fully saturated rings. The molecule has 3 heteroatoms. The fraction of sp³-hybridized carbons (Fsp3) is 0.0400. The van der Waals surface area contributed by atoms with Gasteiger partial charge in [-0.05, 0) is 35.8 Å². The molecule has 0 aliphatic rings. The number of para-hydroxylation sites is 1. The molecule has 28 heavy (non-hydrogen) atoms. The molecule has 1 aromatic heterocycles. The van der Waals surface area contributed by atoms with Gasteiger partial charge in [-0.1, -0.05) is 78.9 Å². The molecule has 4 rings (SSSR count). The van der Waals surface area contributed by atoms with Crippen molar-refractivity contribution in [3.8, 4) is 11.1 Å². The highest BCUT2D eigenvalue weighted by Gasteiger charge is 2.18. The van der Waals surface area contributed by atoms with Gasteiger partial charge in [0.15, 0.2) is 5.78 Å². The van der Waals surface area contributed by atoms with Crippen LogP contribution < -0.4 is 5.56 Å². The van der Waals surface area contributed by atoms with Crippen LogP contribution in [0.15, 0.2) is 89.7 Å². The van der Waals surface area contributed by atoms with Crippen LogP contribution in [0.2, 0.25) is 0 Å². The summed E-state index contributed by atoms with van der Waals surface area (Å²) in [7, 11) is 0. The minimum Gasteiger partial charge on any atom is -0.321 e. The number of aromatic nitrogens is 1. The monoisotopic (exact) mass is 365 g/mol. The number of carbonyl (C=O) groups excluding carboxylic acids is 1. The van der Waals surface area contributed by atoms with Crippen LogP contribution in [0, 0.1) is 6.92 Å². The number of rotatable bonds is 4. The van der Waals surface area contributed by atoms with Gasteiger partial charge in [0.25, 0.3) is 5.56 Å². The summed E-state index contributed by atoms with van der Waals surface area (Å²) in [4.78, 5) is 28.8. The molecule has 0 spiro atoms. The van der Waals surface area contributed by atoms with Crippen molar-refractivity contribution in [2.75, 3.05) is 0 Å². The van der Waals surface area contributed by atoms with Crippen LogP contribution in [0.5, 0.6) is 0 Å². The van der Waals surface area contributed by atoms with E-state index in [1.54, 1.807) is 6.08 Å². The van der Waals surface area contributed by atoms with E-state index in [-0.39, 0.29) is 16.9 Å². The molecule has 0 atom stereocenters. The third kappa shape index (κ3) is 3.30. The van der Waals surface area contributed by atoms with Crippen LogP contribution in [0.4, 0.5) is 0 Å². The molecule has 0 unspecified atom stereocenters. The Hall–Kier alpha value is -3.72. The molecule has 3 aromatic carbocycles. The predicted molar refractivity (Wildman–Crippen MR) is 115 cm³/mol. The number of hydrogen-bond acceptors (Lipinski definition) is 2. The fourth-order valence-corrected chi connectivity index (χ4v) is 3.41. The number of carbonyl (C=O) groups is 1. The first-order valence-corrected chi connectivity index (χ1v) is 9.13. The normalized spacial score (nSPS) is 11.2. The van der Waals surface area contributed by atoms with Crippen molar-refractivity contribution in [3.05, 3.63) is 112 Å². The van der Waals surface area contributed by atoms with Crippen molar-refractivity contribution in [3.63, 3.8) is 0 Å². The highest BCUT2D eigenvalue weighted by atomic mass is 16.1. The summed E-state index contributed by atoms with van der Waals surface area (Å²) in [6, 6.07) is 24.9. The van der Waals surface area contributed by atoms with Gasteiger partial charge < -0.3 is 4.98 Å². The maximum Gasteiger partial charge on any atom is 0.260 e. The Balaban J connectivity index is 1.91. The third-order valence-corrected chi connectivity index (χ3v) is 4.83. The number of hydrogen-bond donors (Lipinski definition) is 1. The van der Waals surface area contributed by atoms with E-state index in [9.17, 15) is 9.59 Å². The summed E-state index contributed by atoms with van der Waals surface area (Å²) in [5, 5.41) is 0.848. The molecule has 0 radical (unpaired) electrons. The van der Waals surface area contributed by atoms with E-state index in [0.29, 0.717) is 11.1 Å². The number of aryl methyl sites for hydroxylation is 1. The molecular formula is C25H19NO2. The van der Waals surface area contributed by atoms with Gasteiger partial charge in [0, 0.05) is 16.5 Å². The number of fused-ring (bicyclic) bond motifs is 1. The molecule has 1 N–H and O–H groups in total. The number of pyridine rings is 1. The van der Waals surface area contributed by atoms with Gasteiger partial charge in [0.05, 0.1) is 5.56 Å². The number of ketones is 1. The van der Waals surface area contributed by atoms with Crippen molar-refractivity contribution < 1.29 is 4.79 Å². The molecule has 0 bridgehead atoms. The number of H-pyrrole nitrogens is 1. The molecular weight excluding hydrogens is 346 g/mol. The lowest BCUT2D eigenvalue weighted by atomic mass is 9.93. The third-order valence-electron chi connectivity index (χ3n) is 4.83. The minimum atomic E-state index is -0.378. The van der Waals surface area contributed by atoms with Crippen LogP contribution >= 0.6 is 0 Å². The molecule has 0 saturated carbocycles.